The number of epoxide rings is 3. The third kappa shape index (κ3) is 1.10. The first-order valence-electron chi connectivity index (χ1n) is 9.82. The number of rotatable bonds is 1. The molecule has 2 spiro atoms. The highest BCUT2D eigenvalue weighted by molar-refractivity contribution is 6.05. The highest BCUT2D eigenvalue weighted by Gasteiger charge is 3.00. The van der Waals surface area contributed by atoms with Crippen molar-refractivity contribution in [3.8, 4) is 0 Å². The van der Waals surface area contributed by atoms with Crippen molar-refractivity contribution >= 4 is 11.8 Å². The second-order valence-corrected chi connectivity index (χ2v) is 9.72. The summed E-state index contributed by atoms with van der Waals surface area (Å²) in [6, 6.07) is 0. The standard InChI is InChI=1S/C20H22O6/c1-8(2)18-13(25-18)14-20(26-14)17(3)5-4-9-10(7-23-15(9)21)11(17)6-12-19(20,24-12)16(18)22/h8,11-14H,4-7H2,1-3H3/t11-,12+,13+,14+,17+,18+,19-,20-/m0/s1. The van der Waals surface area contributed by atoms with E-state index in [9.17, 15) is 9.59 Å². The highest BCUT2D eigenvalue weighted by Crippen LogP contribution is 2.81. The molecular weight excluding hydrogens is 336 g/mol. The van der Waals surface area contributed by atoms with Gasteiger partial charge in [-0.3, -0.25) is 4.79 Å². The van der Waals surface area contributed by atoms with Gasteiger partial charge in [0.1, 0.15) is 24.4 Å². The van der Waals surface area contributed by atoms with Crippen LogP contribution in [0.25, 0.3) is 0 Å². The van der Waals surface area contributed by atoms with Gasteiger partial charge < -0.3 is 18.9 Å². The largest absolute Gasteiger partial charge is 0.458 e. The highest BCUT2D eigenvalue weighted by atomic mass is 16.7. The molecule has 7 aliphatic rings. The summed E-state index contributed by atoms with van der Waals surface area (Å²) in [5.74, 6) is 0.252. The summed E-state index contributed by atoms with van der Waals surface area (Å²) in [6.45, 7) is 6.72. The summed E-state index contributed by atoms with van der Waals surface area (Å²) in [4.78, 5) is 25.7. The van der Waals surface area contributed by atoms with E-state index < -0.39 is 16.8 Å². The second-order valence-electron chi connectivity index (χ2n) is 9.72. The Morgan fingerprint density at radius 3 is 2.69 bits per heavy atom. The zero-order valence-electron chi connectivity index (χ0n) is 15.2. The predicted molar refractivity (Wildman–Crippen MR) is 86.1 cm³/mol. The van der Waals surface area contributed by atoms with Gasteiger partial charge in [0.25, 0.3) is 0 Å². The summed E-state index contributed by atoms with van der Waals surface area (Å²) in [5, 5.41) is 0. The monoisotopic (exact) mass is 358 g/mol. The van der Waals surface area contributed by atoms with Gasteiger partial charge >= 0.3 is 5.97 Å². The van der Waals surface area contributed by atoms with E-state index in [0.29, 0.717) is 13.0 Å². The van der Waals surface area contributed by atoms with E-state index in [4.69, 9.17) is 18.9 Å². The fourth-order valence-corrected chi connectivity index (χ4v) is 7.41. The van der Waals surface area contributed by atoms with Crippen LogP contribution in [0.2, 0.25) is 0 Å². The molecule has 3 aliphatic carbocycles. The molecule has 0 radical (unpaired) electrons. The van der Waals surface area contributed by atoms with Gasteiger partial charge in [0.05, 0.1) is 6.10 Å². The van der Waals surface area contributed by atoms with Gasteiger partial charge in [-0.2, -0.15) is 0 Å². The van der Waals surface area contributed by atoms with E-state index in [1.165, 1.54) is 0 Å². The van der Waals surface area contributed by atoms with Crippen molar-refractivity contribution in [1.29, 1.82) is 0 Å². The number of Topliss-reactive ketones (excluding diaryl/α,β-unsaturated/α-hetero) is 1. The summed E-state index contributed by atoms with van der Waals surface area (Å²) in [7, 11) is 0. The molecule has 7 rings (SSSR count). The maximum absolute atomic E-state index is 13.6. The lowest BCUT2D eigenvalue weighted by atomic mass is 9.47. The van der Waals surface area contributed by atoms with Crippen LogP contribution in [0.5, 0.6) is 0 Å². The first-order chi connectivity index (χ1) is 12.3. The fourth-order valence-electron chi connectivity index (χ4n) is 7.41. The van der Waals surface area contributed by atoms with Crippen molar-refractivity contribution in [2.45, 2.75) is 75.1 Å². The predicted octanol–water partition coefficient (Wildman–Crippen LogP) is 1.31. The van der Waals surface area contributed by atoms with Crippen LogP contribution in [0, 0.1) is 17.3 Å². The number of hydrogen-bond donors (Lipinski definition) is 0. The molecule has 0 unspecified atom stereocenters. The fraction of sp³-hybridized carbons (Fsp3) is 0.800. The molecule has 4 heterocycles. The van der Waals surface area contributed by atoms with Gasteiger partial charge in [0, 0.05) is 11.0 Å². The molecule has 8 atom stereocenters. The number of ether oxygens (including phenoxy) is 4. The second kappa shape index (κ2) is 3.69. The molecule has 0 N–H and O–H groups in total. The smallest absolute Gasteiger partial charge is 0.334 e. The van der Waals surface area contributed by atoms with Gasteiger partial charge in [-0.1, -0.05) is 20.8 Å². The Morgan fingerprint density at radius 1 is 1.12 bits per heavy atom. The van der Waals surface area contributed by atoms with E-state index in [2.05, 4.69) is 6.92 Å². The Hall–Kier alpha value is -1.24. The SMILES string of the molecule is CC(C)[C@@]12O[C@@H]1[C@H]1O[C@@]13[C@@]1(O[C@@H]1C[C@H]1C4=C(CC[C@]13C)C(=O)OC4)C2=O. The first-order valence-corrected chi connectivity index (χ1v) is 9.82. The number of ketones is 1. The number of carbonyl (C=O) groups is 2. The van der Waals surface area contributed by atoms with Crippen LogP contribution in [0.3, 0.4) is 0 Å². The van der Waals surface area contributed by atoms with Crippen molar-refractivity contribution in [1.82, 2.24) is 0 Å². The van der Waals surface area contributed by atoms with Crippen LogP contribution in [0.15, 0.2) is 11.1 Å². The maximum atomic E-state index is 13.6. The van der Waals surface area contributed by atoms with E-state index in [1.54, 1.807) is 0 Å². The number of esters is 1. The lowest BCUT2D eigenvalue weighted by Gasteiger charge is -2.51. The Balaban J connectivity index is 1.40. The Kier molecular flexibility index (Phi) is 2.10. The van der Waals surface area contributed by atoms with Crippen LogP contribution in [-0.4, -0.2) is 53.5 Å². The molecule has 138 valence electrons. The Morgan fingerprint density at radius 2 is 1.92 bits per heavy atom. The molecule has 0 aromatic heterocycles. The molecule has 0 aromatic carbocycles. The molecule has 0 amide bonds. The van der Waals surface area contributed by atoms with E-state index in [1.807, 2.05) is 13.8 Å². The third-order valence-corrected chi connectivity index (χ3v) is 8.82. The van der Waals surface area contributed by atoms with Crippen LogP contribution in [-0.2, 0) is 28.5 Å². The summed E-state index contributed by atoms with van der Waals surface area (Å²) >= 11 is 0. The van der Waals surface area contributed by atoms with Crippen molar-refractivity contribution in [2.24, 2.45) is 17.3 Å². The Labute approximate surface area is 151 Å². The van der Waals surface area contributed by atoms with Crippen molar-refractivity contribution < 1.29 is 28.5 Å². The van der Waals surface area contributed by atoms with Crippen LogP contribution < -0.4 is 0 Å². The van der Waals surface area contributed by atoms with Gasteiger partial charge in [-0.05, 0) is 36.7 Å². The molecular formula is C20H22O6. The van der Waals surface area contributed by atoms with E-state index in [0.717, 1.165) is 24.0 Å². The number of hydrogen-bond acceptors (Lipinski definition) is 6. The zero-order chi connectivity index (χ0) is 17.9. The number of carbonyl (C=O) groups excluding carboxylic acids is 2. The van der Waals surface area contributed by atoms with Crippen LogP contribution >= 0.6 is 0 Å². The zero-order valence-corrected chi connectivity index (χ0v) is 15.2. The number of cyclic esters (lactones) is 1. The number of fused-ring (bicyclic) bond motifs is 4. The molecule has 3 saturated heterocycles. The Bertz CT molecular complexity index is 860. The topological polar surface area (TPSA) is 81.0 Å². The minimum Gasteiger partial charge on any atom is -0.458 e. The quantitative estimate of drug-likeness (QED) is 0.519. The van der Waals surface area contributed by atoms with Gasteiger partial charge in [0.2, 0.25) is 5.78 Å². The molecule has 5 fully saturated rings. The lowest BCUT2D eigenvalue weighted by Crippen LogP contribution is -2.67. The summed E-state index contributed by atoms with van der Waals surface area (Å²) < 4.78 is 24.1. The molecule has 26 heavy (non-hydrogen) atoms. The van der Waals surface area contributed by atoms with E-state index >= 15 is 0 Å². The normalized spacial score (nSPS) is 60.3. The van der Waals surface area contributed by atoms with Crippen molar-refractivity contribution in [3.05, 3.63) is 11.1 Å². The minimum atomic E-state index is -0.832. The van der Waals surface area contributed by atoms with Crippen molar-refractivity contribution in [3.63, 3.8) is 0 Å². The van der Waals surface area contributed by atoms with Gasteiger partial charge in [-0.15, -0.1) is 0 Å². The maximum Gasteiger partial charge on any atom is 0.334 e. The van der Waals surface area contributed by atoms with Crippen LogP contribution in [0.1, 0.15) is 40.0 Å². The molecule has 4 aliphatic heterocycles. The molecule has 0 bridgehead atoms. The molecule has 6 heteroatoms. The van der Waals surface area contributed by atoms with Crippen LogP contribution in [0.4, 0.5) is 0 Å². The van der Waals surface area contributed by atoms with Crippen molar-refractivity contribution in [2.75, 3.05) is 6.61 Å². The average Bonchev–Trinajstić information content (AvgIpc) is 3.47. The molecule has 0 aromatic rings. The molecule has 2 saturated carbocycles. The van der Waals surface area contributed by atoms with Gasteiger partial charge in [-0.25, -0.2) is 4.79 Å². The minimum absolute atomic E-state index is 0.0689. The molecule has 6 nitrogen and oxygen atoms in total. The first kappa shape index (κ1) is 14.8. The average molecular weight is 358 g/mol. The summed E-state index contributed by atoms with van der Waals surface area (Å²) in [6.07, 6.45) is 1.97. The van der Waals surface area contributed by atoms with Gasteiger partial charge in [0.15, 0.2) is 11.2 Å². The lowest BCUT2D eigenvalue weighted by molar-refractivity contribution is -0.139. The van der Waals surface area contributed by atoms with E-state index in [-0.39, 0.29) is 47.3 Å². The third-order valence-electron chi connectivity index (χ3n) is 8.82. The summed E-state index contributed by atoms with van der Waals surface area (Å²) in [5.41, 5.74) is -0.371.